The van der Waals surface area contributed by atoms with Crippen LogP contribution in [0.1, 0.15) is 13.8 Å². The molecule has 1 aliphatic rings. The number of hydrogen-bond donors (Lipinski definition) is 1. The van der Waals surface area contributed by atoms with Gasteiger partial charge in [-0.1, -0.05) is 13.8 Å². The van der Waals surface area contributed by atoms with Gasteiger partial charge in [0.25, 0.3) is 0 Å². The van der Waals surface area contributed by atoms with E-state index in [1.54, 1.807) is 7.11 Å². The highest BCUT2D eigenvalue weighted by atomic mass is 16.5. The van der Waals surface area contributed by atoms with Crippen molar-refractivity contribution in [1.82, 2.24) is 5.32 Å². The topological polar surface area (TPSA) is 50.7 Å². The normalized spacial score (nSPS) is 23.5. The van der Waals surface area contributed by atoms with Crippen molar-refractivity contribution in [3.63, 3.8) is 0 Å². The third-order valence-corrected chi connectivity index (χ3v) is 1.83. The van der Waals surface area contributed by atoms with Gasteiger partial charge in [0.15, 0.2) is 0 Å². The number of carbonyl (C=O) groups excluding carboxylic acids is 1. The Morgan fingerprint density at radius 3 is 2.83 bits per heavy atom. The summed E-state index contributed by atoms with van der Waals surface area (Å²) < 4.78 is 4.96. The van der Waals surface area contributed by atoms with Gasteiger partial charge in [-0.3, -0.25) is 4.79 Å². The highest BCUT2D eigenvalue weighted by Gasteiger charge is 2.25. The molecule has 0 aromatic carbocycles. The fourth-order valence-electron chi connectivity index (χ4n) is 1.10. The minimum absolute atomic E-state index is 0.00852. The second-order valence-electron chi connectivity index (χ2n) is 3.13. The first kappa shape index (κ1) is 9.03. The molecule has 0 aromatic heterocycles. The van der Waals surface area contributed by atoms with Crippen LogP contribution in [-0.4, -0.2) is 31.5 Å². The summed E-state index contributed by atoms with van der Waals surface area (Å²) in [5.41, 5.74) is 0. The number of methoxy groups -OCH3 is 1. The van der Waals surface area contributed by atoms with Gasteiger partial charge in [-0.2, -0.15) is 0 Å². The fraction of sp³-hybridized carbons (Fsp3) is 0.750. The molecule has 1 N–H and O–H groups in total. The Labute approximate surface area is 72.0 Å². The average molecular weight is 170 g/mol. The molecule has 0 radical (unpaired) electrons. The molecule has 1 heterocycles. The van der Waals surface area contributed by atoms with Crippen molar-refractivity contribution in [2.75, 3.05) is 13.7 Å². The van der Waals surface area contributed by atoms with E-state index in [1.807, 2.05) is 13.8 Å². The molecule has 1 aliphatic heterocycles. The SMILES string of the molecule is COC1=N[C@@H](C(C)C)C(=O)NC1. The zero-order chi connectivity index (χ0) is 9.14. The highest BCUT2D eigenvalue weighted by Crippen LogP contribution is 2.09. The van der Waals surface area contributed by atoms with Gasteiger partial charge in [0, 0.05) is 0 Å². The molecule has 1 atom stereocenters. The number of hydrogen-bond acceptors (Lipinski definition) is 3. The number of rotatable bonds is 1. The van der Waals surface area contributed by atoms with Gasteiger partial charge < -0.3 is 10.1 Å². The van der Waals surface area contributed by atoms with Crippen LogP contribution in [0.25, 0.3) is 0 Å². The lowest BCUT2D eigenvalue weighted by Gasteiger charge is -2.22. The maximum atomic E-state index is 11.2. The predicted octanol–water partition coefficient (Wildman–Crippen LogP) is 0.186. The quantitative estimate of drug-likeness (QED) is 0.610. The van der Waals surface area contributed by atoms with Crippen molar-refractivity contribution in [1.29, 1.82) is 0 Å². The number of aliphatic imine (C=N–C) groups is 1. The summed E-state index contributed by atoms with van der Waals surface area (Å²) in [6, 6.07) is -0.284. The van der Waals surface area contributed by atoms with Gasteiger partial charge in [0.1, 0.15) is 6.04 Å². The van der Waals surface area contributed by atoms with Crippen molar-refractivity contribution in [2.24, 2.45) is 10.9 Å². The van der Waals surface area contributed by atoms with Crippen LogP contribution in [-0.2, 0) is 9.53 Å². The van der Waals surface area contributed by atoms with Crippen molar-refractivity contribution in [3.8, 4) is 0 Å². The Hall–Kier alpha value is -1.06. The minimum Gasteiger partial charge on any atom is -0.483 e. The summed E-state index contributed by atoms with van der Waals surface area (Å²) in [7, 11) is 1.56. The van der Waals surface area contributed by atoms with Crippen LogP contribution in [0.4, 0.5) is 0 Å². The van der Waals surface area contributed by atoms with Crippen LogP contribution < -0.4 is 5.32 Å². The van der Waals surface area contributed by atoms with Gasteiger partial charge in [-0.25, -0.2) is 4.99 Å². The highest BCUT2D eigenvalue weighted by molar-refractivity contribution is 5.93. The van der Waals surface area contributed by atoms with Crippen molar-refractivity contribution < 1.29 is 9.53 Å². The van der Waals surface area contributed by atoms with Crippen molar-refractivity contribution in [2.45, 2.75) is 19.9 Å². The summed E-state index contributed by atoms with van der Waals surface area (Å²) in [6.07, 6.45) is 0. The summed E-state index contributed by atoms with van der Waals surface area (Å²) in [5, 5.41) is 2.72. The summed E-state index contributed by atoms with van der Waals surface area (Å²) in [5.74, 6) is 0.814. The summed E-state index contributed by atoms with van der Waals surface area (Å²) >= 11 is 0. The van der Waals surface area contributed by atoms with E-state index in [1.165, 1.54) is 0 Å². The van der Waals surface area contributed by atoms with Crippen LogP contribution in [0.5, 0.6) is 0 Å². The molecule has 0 aliphatic carbocycles. The number of carbonyl (C=O) groups is 1. The molecule has 0 aromatic rings. The van der Waals surface area contributed by atoms with Crippen LogP contribution in [0.2, 0.25) is 0 Å². The minimum atomic E-state index is -0.284. The Balaban J connectivity index is 2.75. The van der Waals surface area contributed by atoms with Crippen LogP contribution >= 0.6 is 0 Å². The van der Waals surface area contributed by atoms with E-state index >= 15 is 0 Å². The first-order chi connectivity index (χ1) is 5.65. The molecule has 0 unspecified atom stereocenters. The van der Waals surface area contributed by atoms with Crippen LogP contribution in [0.3, 0.4) is 0 Å². The van der Waals surface area contributed by atoms with Gasteiger partial charge >= 0.3 is 0 Å². The molecule has 0 fully saturated rings. The van der Waals surface area contributed by atoms with E-state index in [0.29, 0.717) is 12.4 Å². The molecule has 1 rings (SSSR count). The van der Waals surface area contributed by atoms with Crippen molar-refractivity contribution in [3.05, 3.63) is 0 Å². The van der Waals surface area contributed by atoms with E-state index in [9.17, 15) is 4.79 Å². The third kappa shape index (κ3) is 1.75. The second-order valence-corrected chi connectivity index (χ2v) is 3.13. The predicted molar refractivity (Wildman–Crippen MR) is 46.1 cm³/mol. The smallest absolute Gasteiger partial charge is 0.245 e. The average Bonchev–Trinajstić information content (AvgIpc) is 2.05. The van der Waals surface area contributed by atoms with E-state index in [-0.39, 0.29) is 17.9 Å². The molecule has 0 bridgehead atoms. The second kappa shape index (κ2) is 3.56. The number of nitrogens with one attached hydrogen (secondary N) is 1. The first-order valence-corrected chi connectivity index (χ1v) is 4.03. The molecular formula is C8H14N2O2. The Morgan fingerprint density at radius 1 is 1.67 bits per heavy atom. The first-order valence-electron chi connectivity index (χ1n) is 4.03. The molecule has 0 saturated carbocycles. The number of amides is 1. The lowest BCUT2D eigenvalue weighted by Crippen LogP contribution is -2.45. The van der Waals surface area contributed by atoms with E-state index < -0.39 is 0 Å². The van der Waals surface area contributed by atoms with Gasteiger partial charge in [0.2, 0.25) is 11.8 Å². The van der Waals surface area contributed by atoms with Crippen LogP contribution in [0, 0.1) is 5.92 Å². The zero-order valence-electron chi connectivity index (χ0n) is 7.63. The molecule has 68 valence electrons. The molecule has 12 heavy (non-hydrogen) atoms. The van der Waals surface area contributed by atoms with E-state index in [4.69, 9.17) is 4.74 Å². The Kier molecular flexibility index (Phi) is 2.68. The lowest BCUT2D eigenvalue weighted by atomic mass is 10.0. The Morgan fingerprint density at radius 2 is 2.33 bits per heavy atom. The largest absolute Gasteiger partial charge is 0.483 e. The molecule has 0 spiro atoms. The Bertz CT molecular complexity index is 211. The van der Waals surface area contributed by atoms with Gasteiger partial charge in [0.05, 0.1) is 13.7 Å². The summed E-state index contributed by atoms with van der Waals surface area (Å²) in [4.78, 5) is 15.4. The van der Waals surface area contributed by atoms with Gasteiger partial charge in [-0.15, -0.1) is 0 Å². The maximum Gasteiger partial charge on any atom is 0.245 e. The molecule has 1 amide bonds. The van der Waals surface area contributed by atoms with E-state index in [0.717, 1.165) is 0 Å². The zero-order valence-corrected chi connectivity index (χ0v) is 7.63. The molecular weight excluding hydrogens is 156 g/mol. The summed E-state index contributed by atoms with van der Waals surface area (Å²) in [6.45, 7) is 4.34. The van der Waals surface area contributed by atoms with Crippen molar-refractivity contribution >= 4 is 11.8 Å². The third-order valence-electron chi connectivity index (χ3n) is 1.83. The monoisotopic (exact) mass is 170 g/mol. The standard InChI is InChI=1S/C8H14N2O2/c1-5(2)7-8(11)9-4-6(10-7)12-3/h5,7H,4H2,1-3H3,(H,9,11)/t7-/m0/s1. The number of nitrogens with zero attached hydrogens (tertiary/aromatic N) is 1. The fourth-order valence-corrected chi connectivity index (χ4v) is 1.10. The molecule has 4 nitrogen and oxygen atoms in total. The van der Waals surface area contributed by atoms with E-state index in [2.05, 4.69) is 10.3 Å². The lowest BCUT2D eigenvalue weighted by molar-refractivity contribution is -0.123. The molecule has 4 heteroatoms. The maximum absolute atomic E-state index is 11.2. The van der Waals surface area contributed by atoms with Gasteiger partial charge in [-0.05, 0) is 5.92 Å². The molecule has 0 saturated heterocycles. The number of ether oxygens (including phenoxy) is 1. The van der Waals surface area contributed by atoms with Crippen LogP contribution in [0.15, 0.2) is 4.99 Å².